The van der Waals surface area contributed by atoms with Gasteiger partial charge in [-0.2, -0.15) is 5.10 Å². The fourth-order valence-corrected chi connectivity index (χ4v) is 1.84. The van der Waals surface area contributed by atoms with Gasteiger partial charge in [-0.3, -0.25) is 5.10 Å². The molecule has 74 valence electrons. The van der Waals surface area contributed by atoms with Gasteiger partial charge in [-0.15, -0.1) is 0 Å². The van der Waals surface area contributed by atoms with Gasteiger partial charge in [0.15, 0.2) is 0 Å². The van der Waals surface area contributed by atoms with Gasteiger partial charge in [-0.25, -0.2) is 0 Å². The Bertz CT molecular complexity index is 443. The molecular formula is C12H16N2. The van der Waals surface area contributed by atoms with Crippen LogP contribution in [-0.2, 0) is 0 Å². The van der Waals surface area contributed by atoms with Crippen LogP contribution >= 0.6 is 0 Å². The molecule has 0 bridgehead atoms. The van der Waals surface area contributed by atoms with Crippen LogP contribution in [0.5, 0.6) is 0 Å². The average Bonchev–Trinajstić information content (AvgIpc) is 2.67. The number of aryl methyl sites for hydroxylation is 1. The zero-order chi connectivity index (χ0) is 10.1. The van der Waals surface area contributed by atoms with Gasteiger partial charge >= 0.3 is 0 Å². The van der Waals surface area contributed by atoms with Crippen LogP contribution in [0.15, 0.2) is 18.3 Å². The van der Waals surface area contributed by atoms with Gasteiger partial charge in [-0.05, 0) is 30.4 Å². The molecule has 0 fully saturated rings. The molecule has 2 nitrogen and oxygen atoms in total. The molecule has 1 aromatic carbocycles. The maximum Gasteiger partial charge on any atom is 0.0682 e. The highest BCUT2D eigenvalue weighted by Gasteiger charge is 2.09. The summed E-state index contributed by atoms with van der Waals surface area (Å²) in [7, 11) is 0. The van der Waals surface area contributed by atoms with Crippen LogP contribution in [0.2, 0.25) is 0 Å². The highest BCUT2D eigenvalue weighted by atomic mass is 15.1. The lowest BCUT2D eigenvalue weighted by Crippen LogP contribution is -1.92. The van der Waals surface area contributed by atoms with E-state index in [1.807, 2.05) is 6.20 Å². The van der Waals surface area contributed by atoms with E-state index < -0.39 is 0 Å². The summed E-state index contributed by atoms with van der Waals surface area (Å²) in [6.07, 6.45) is 3.10. The number of nitrogens with one attached hydrogen (secondary N) is 1. The summed E-state index contributed by atoms with van der Waals surface area (Å²) < 4.78 is 0. The molecule has 0 saturated heterocycles. The number of aromatic nitrogens is 2. The maximum atomic E-state index is 4.11. The molecule has 1 atom stereocenters. The SMILES string of the molecule is CCC(C)c1ccc(C)c2[nH]ncc12. The van der Waals surface area contributed by atoms with E-state index in [2.05, 4.69) is 43.1 Å². The van der Waals surface area contributed by atoms with Crippen molar-refractivity contribution in [3.63, 3.8) is 0 Å². The summed E-state index contributed by atoms with van der Waals surface area (Å²) in [5.41, 5.74) is 3.86. The van der Waals surface area contributed by atoms with E-state index in [1.54, 1.807) is 0 Å². The topological polar surface area (TPSA) is 28.7 Å². The van der Waals surface area contributed by atoms with Gasteiger partial charge in [0.2, 0.25) is 0 Å². The number of hydrogen-bond acceptors (Lipinski definition) is 1. The Morgan fingerprint density at radius 2 is 2.21 bits per heavy atom. The third-order valence-electron chi connectivity index (χ3n) is 3.00. The third kappa shape index (κ3) is 1.31. The summed E-state index contributed by atoms with van der Waals surface area (Å²) in [4.78, 5) is 0. The second-order valence-corrected chi connectivity index (χ2v) is 3.94. The zero-order valence-corrected chi connectivity index (χ0v) is 8.96. The Labute approximate surface area is 84.3 Å². The normalized spacial score (nSPS) is 13.4. The van der Waals surface area contributed by atoms with Crippen molar-refractivity contribution < 1.29 is 0 Å². The second-order valence-electron chi connectivity index (χ2n) is 3.94. The van der Waals surface area contributed by atoms with Gasteiger partial charge in [-0.1, -0.05) is 26.0 Å². The molecule has 0 aliphatic heterocycles. The van der Waals surface area contributed by atoms with Crippen molar-refractivity contribution in [3.05, 3.63) is 29.5 Å². The monoisotopic (exact) mass is 188 g/mol. The van der Waals surface area contributed by atoms with Crippen molar-refractivity contribution in [3.8, 4) is 0 Å². The minimum Gasteiger partial charge on any atom is -0.278 e. The largest absolute Gasteiger partial charge is 0.278 e. The first-order chi connectivity index (χ1) is 6.74. The Morgan fingerprint density at radius 1 is 1.43 bits per heavy atom. The molecule has 0 radical (unpaired) electrons. The van der Waals surface area contributed by atoms with Crippen LogP contribution in [0.1, 0.15) is 37.3 Å². The molecule has 1 aromatic heterocycles. The van der Waals surface area contributed by atoms with E-state index in [-0.39, 0.29) is 0 Å². The minimum atomic E-state index is 0.607. The van der Waals surface area contributed by atoms with Crippen LogP contribution in [-0.4, -0.2) is 10.2 Å². The van der Waals surface area contributed by atoms with Gasteiger partial charge in [0.1, 0.15) is 0 Å². The molecule has 0 amide bonds. The predicted octanol–water partition coefficient (Wildman–Crippen LogP) is 3.38. The number of nitrogens with zero attached hydrogens (tertiary/aromatic N) is 1. The number of hydrogen-bond donors (Lipinski definition) is 1. The molecular weight excluding hydrogens is 172 g/mol. The summed E-state index contributed by atoms with van der Waals surface area (Å²) in [6, 6.07) is 4.39. The highest BCUT2D eigenvalue weighted by molar-refractivity contribution is 5.84. The lowest BCUT2D eigenvalue weighted by atomic mass is 9.94. The van der Waals surface area contributed by atoms with Gasteiger partial charge in [0.05, 0.1) is 11.7 Å². The van der Waals surface area contributed by atoms with Crippen LogP contribution in [0.4, 0.5) is 0 Å². The highest BCUT2D eigenvalue weighted by Crippen LogP contribution is 2.27. The van der Waals surface area contributed by atoms with Crippen molar-refractivity contribution in [1.29, 1.82) is 0 Å². The molecule has 1 N–H and O–H groups in total. The fraction of sp³-hybridized carbons (Fsp3) is 0.417. The van der Waals surface area contributed by atoms with E-state index in [0.717, 1.165) is 0 Å². The number of rotatable bonds is 2. The zero-order valence-electron chi connectivity index (χ0n) is 8.96. The predicted molar refractivity (Wildman–Crippen MR) is 59.5 cm³/mol. The summed E-state index contributed by atoms with van der Waals surface area (Å²) in [6.45, 7) is 6.59. The number of aromatic amines is 1. The minimum absolute atomic E-state index is 0.607. The Balaban J connectivity index is 2.66. The average molecular weight is 188 g/mol. The molecule has 1 heterocycles. The molecule has 14 heavy (non-hydrogen) atoms. The second kappa shape index (κ2) is 3.45. The van der Waals surface area contributed by atoms with Crippen molar-refractivity contribution in [2.24, 2.45) is 0 Å². The first-order valence-electron chi connectivity index (χ1n) is 5.16. The molecule has 0 aliphatic rings. The molecule has 1 unspecified atom stereocenters. The summed E-state index contributed by atoms with van der Waals surface area (Å²) >= 11 is 0. The molecule has 2 aromatic rings. The van der Waals surface area contributed by atoms with Crippen molar-refractivity contribution in [2.75, 3.05) is 0 Å². The first kappa shape index (κ1) is 9.25. The number of H-pyrrole nitrogens is 1. The lowest BCUT2D eigenvalue weighted by Gasteiger charge is -2.10. The van der Waals surface area contributed by atoms with Crippen LogP contribution in [0.25, 0.3) is 10.9 Å². The van der Waals surface area contributed by atoms with Crippen molar-refractivity contribution in [1.82, 2.24) is 10.2 Å². The Hall–Kier alpha value is -1.31. The first-order valence-corrected chi connectivity index (χ1v) is 5.16. The summed E-state index contributed by atoms with van der Waals surface area (Å²) in [5, 5.41) is 8.45. The Kier molecular flexibility index (Phi) is 2.28. The Morgan fingerprint density at radius 3 is 2.93 bits per heavy atom. The molecule has 2 rings (SSSR count). The number of benzene rings is 1. The van der Waals surface area contributed by atoms with Crippen molar-refractivity contribution >= 4 is 10.9 Å². The van der Waals surface area contributed by atoms with E-state index in [4.69, 9.17) is 0 Å². The quantitative estimate of drug-likeness (QED) is 0.769. The molecule has 2 heteroatoms. The molecule has 0 saturated carbocycles. The summed E-state index contributed by atoms with van der Waals surface area (Å²) in [5.74, 6) is 0.607. The van der Waals surface area contributed by atoms with E-state index in [1.165, 1.54) is 28.5 Å². The van der Waals surface area contributed by atoms with Crippen molar-refractivity contribution in [2.45, 2.75) is 33.1 Å². The standard InChI is InChI=1S/C12H16N2/c1-4-8(2)10-6-5-9(3)12-11(10)7-13-14-12/h5-8H,4H2,1-3H3,(H,13,14). The van der Waals surface area contributed by atoms with Gasteiger partial charge in [0.25, 0.3) is 0 Å². The fourth-order valence-electron chi connectivity index (χ4n) is 1.84. The smallest absolute Gasteiger partial charge is 0.0682 e. The molecule has 0 aliphatic carbocycles. The van der Waals surface area contributed by atoms with E-state index in [9.17, 15) is 0 Å². The lowest BCUT2D eigenvalue weighted by molar-refractivity contribution is 0.739. The van der Waals surface area contributed by atoms with Gasteiger partial charge in [0, 0.05) is 5.39 Å². The van der Waals surface area contributed by atoms with Gasteiger partial charge < -0.3 is 0 Å². The van der Waals surface area contributed by atoms with Crippen LogP contribution < -0.4 is 0 Å². The van der Waals surface area contributed by atoms with Crippen LogP contribution in [0.3, 0.4) is 0 Å². The van der Waals surface area contributed by atoms with E-state index in [0.29, 0.717) is 5.92 Å². The third-order valence-corrected chi connectivity index (χ3v) is 3.00. The number of fused-ring (bicyclic) bond motifs is 1. The van der Waals surface area contributed by atoms with E-state index >= 15 is 0 Å². The van der Waals surface area contributed by atoms with Crippen LogP contribution in [0, 0.1) is 6.92 Å². The molecule has 0 spiro atoms. The maximum absolute atomic E-state index is 4.11.